The molecule has 0 amide bonds. The van der Waals surface area contributed by atoms with Crippen LogP contribution in [0.15, 0.2) is 22.7 Å². The van der Waals surface area contributed by atoms with Crippen molar-refractivity contribution in [3.8, 4) is 0 Å². The molecule has 104 valence electrons. The molecule has 0 aliphatic heterocycles. The monoisotopic (exact) mass is 343 g/mol. The number of hydrogen-bond donors (Lipinski definition) is 1. The van der Waals surface area contributed by atoms with Crippen molar-refractivity contribution >= 4 is 39.3 Å². The molecule has 0 atom stereocenters. The average molecular weight is 344 g/mol. The van der Waals surface area contributed by atoms with Crippen LogP contribution in [0.4, 0.5) is 5.69 Å². The zero-order valence-electron chi connectivity index (χ0n) is 10.9. The van der Waals surface area contributed by atoms with Crippen LogP contribution >= 0.6 is 27.7 Å². The average Bonchev–Trinajstić information content (AvgIpc) is 3.13. The zero-order valence-corrected chi connectivity index (χ0v) is 13.4. The van der Waals surface area contributed by atoms with Crippen molar-refractivity contribution in [2.24, 2.45) is 5.41 Å². The van der Waals surface area contributed by atoms with Gasteiger partial charge in [-0.15, -0.1) is 0 Å². The summed E-state index contributed by atoms with van der Waals surface area (Å²) >= 11 is 5.37. The lowest BCUT2D eigenvalue weighted by Gasteiger charge is -2.14. The number of halogens is 1. The minimum atomic E-state index is -0.0986. The summed E-state index contributed by atoms with van der Waals surface area (Å²) < 4.78 is 5.81. The molecule has 1 saturated carbocycles. The van der Waals surface area contributed by atoms with Crippen molar-refractivity contribution in [1.82, 2.24) is 0 Å². The van der Waals surface area contributed by atoms with Crippen LogP contribution in [0.2, 0.25) is 0 Å². The van der Waals surface area contributed by atoms with Crippen LogP contribution in [-0.2, 0) is 15.3 Å². The highest BCUT2D eigenvalue weighted by Crippen LogP contribution is 2.51. The van der Waals surface area contributed by atoms with Crippen molar-refractivity contribution in [2.75, 3.05) is 18.6 Å². The molecule has 1 aliphatic carbocycles. The number of rotatable bonds is 6. The lowest BCUT2D eigenvalue weighted by Crippen LogP contribution is -2.13. The SMILES string of the molecule is COC(=O)CC1(CSCc2c(N)cccc2Br)CC1. The van der Waals surface area contributed by atoms with Crippen LogP contribution in [0, 0.1) is 5.41 Å². The lowest BCUT2D eigenvalue weighted by molar-refractivity contribution is -0.141. The largest absolute Gasteiger partial charge is 0.469 e. The van der Waals surface area contributed by atoms with Gasteiger partial charge in [0.05, 0.1) is 13.5 Å². The molecule has 0 saturated heterocycles. The molecular formula is C14H18BrNO2S. The zero-order chi connectivity index (χ0) is 13.9. The van der Waals surface area contributed by atoms with Crippen molar-refractivity contribution in [2.45, 2.75) is 25.0 Å². The fourth-order valence-electron chi connectivity index (χ4n) is 2.02. The standard InChI is InChI=1S/C14H18BrNO2S/c1-18-13(17)7-14(5-6-14)9-19-8-10-11(15)3-2-4-12(10)16/h2-4H,5-9,16H2,1H3. The van der Waals surface area contributed by atoms with Crippen molar-refractivity contribution < 1.29 is 9.53 Å². The first-order valence-corrected chi connectivity index (χ1v) is 8.18. The highest BCUT2D eigenvalue weighted by atomic mass is 79.9. The predicted molar refractivity (Wildman–Crippen MR) is 83.0 cm³/mol. The number of esters is 1. The molecule has 0 heterocycles. The third-order valence-corrected chi connectivity index (χ3v) is 5.57. The molecule has 0 unspecified atom stereocenters. The van der Waals surface area contributed by atoms with E-state index in [2.05, 4.69) is 15.9 Å². The van der Waals surface area contributed by atoms with Gasteiger partial charge in [-0.05, 0) is 41.7 Å². The van der Waals surface area contributed by atoms with Gasteiger partial charge in [0, 0.05) is 15.9 Å². The Balaban J connectivity index is 1.85. The highest BCUT2D eigenvalue weighted by molar-refractivity contribution is 9.10. The van der Waals surface area contributed by atoms with Gasteiger partial charge in [0.15, 0.2) is 0 Å². The molecule has 3 nitrogen and oxygen atoms in total. The number of carbonyl (C=O) groups excluding carboxylic acids is 1. The van der Waals surface area contributed by atoms with Gasteiger partial charge in [0.1, 0.15) is 0 Å². The van der Waals surface area contributed by atoms with Crippen LogP contribution in [0.25, 0.3) is 0 Å². The molecule has 0 radical (unpaired) electrons. The minimum Gasteiger partial charge on any atom is -0.469 e. The number of benzene rings is 1. The molecule has 1 fully saturated rings. The first kappa shape index (κ1) is 14.7. The van der Waals surface area contributed by atoms with E-state index in [1.54, 1.807) is 0 Å². The number of nitrogen functional groups attached to an aromatic ring is 1. The number of anilines is 1. The third kappa shape index (κ3) is 3.89. The first-order chi connectivity index (χ1) is 9.06. The summed E-state index contributed by atoms with van der Waals surface area (Å²) in [4.78, 5) is 11.3. The molecular weight excluding hydrogens is 326 g/mol. The number of ether oxygens (including phenoxy) is 1. The quantitative estimate of drug-likeness (QED) is 0.633. The molecule has 2 rings (SSSR count). The molecule has 1 aromatic carbocycles. The van der Waals surface area contributed by atoms with E-state index in [9.17, 15) is 4.79 Å². The Bertz CT molecular complexity index is 454. The van der Waals surface area contributed by atoms with Gasteiger partial charge in [-0.2, -0.15) is 11.8 Å². The van der Waals surface area contributed by atoms with Gasteiger partial charge in [0.25, 0.3) is 0 Å². The summed E-state index contributed by atoms with van der Waals surface area (Å²) in [5.74, 6) is 1.76. The maximum absolute atomic E-state index is 11.3. The topological polar surface area (TPSA) is 52.3 Å². The fraction of sp³-hybridized carbons (Fsp3) is 0.500. The number of methoxy groups -OCH3 is 1. The van der Waals surface area contributed by atoms with E-state index in [1.807, 2.05) is 30.0 Å². The molecule has 0 spiro atoms. The molecule has 5 heteroatoms. The normalized spacial score (nSPS) is 16.1. The second kappa shape index (κ2) is 6.18. The number of nitrogens with two attached hydrogens (primary N) is 1. The third-order valence-electron chi connectivity index (χ3n) is 3.51. The Morgan fingerprint density at radius 1 is 1.53 bits per heavy atom. The summed E-state index contributed by atoms with van der Waals surface area (Å²) in [6.07, 6.45) is 2.79. The van der Waals surface area contributed by atoms with E-state index in [4.69, 9.17) is 10.5 Å². The molecule has 19 heavy (non-hydrogen) atoms. The number of hydrogen-bond acceptors (Lipinski definition) is 4. The summed E-state index contributed by atoms with van der Waals surface area (Å²) in [5, 5.41) is 0. The smallest absolute Gasteiger partial charge is 0.306 e. The minimum absolute atomic E-state index is 0.0986. The predicted octanol–water partition coefficient (Wildman–Crippen LogP) is 3.61. The van der Waals surface area contributed by atoms with E-state index >= 15 is 0 Å². The molecule has 1 aliphatic rings. The van der Waals surface area contributed by atoms with Gasteiger partial charge in [-0.1, -0.05) is 22.0 Å². The second-order valence-corrected chi connectivity index (χ2v) is 6.89. The van der Waals surface area contributed by atoms with E-state index in [0.717, 1.165) is 40.1 Å². The Kier molecular flexibility index (Phi) is 4.79. The van der Waals surface area contributed by atoms with Gasteiger partial charge < -0.3 is 10.5 Å². The van der Waals surface area contributed by atoms with Gasteiger partial charge in [-0.3, -0.25) is 4.79 Å². The number of carbonyl (C=O) groups is 1. The van der Waals surface area contributed by atoms with Crippen LogP contribution in [0.1, 0.15) is 24.8 Å². The van der Waals surface area contributed by atoms with E-state index in [1.165, 1.54) is 7.11 Å². The molecule has 1 aromatic rings. The van der Waals surface area contributed by atoms with Gasteiger partial charge in [-0.25, -0.2) is 0 Å². The van der Waals surface area contributed by atoms with Gasteiger partial charge >= 0.3 is 5.97 Å². The lowest BCUT2D eigenvalue weighted by atomic mass is 10.1. The van der Waals surface area contributed by atoms with Crippen LogP contribution in [0.3, 0.4) is 0 Å². The Labute approximate surface area is 126 Å². The molecule has 0 bridgehead atoms. The maximum atomic E-state index is 11.3. The summed E-state index contributed by atoms with van der Waals surface area (Å²) in [7, 11) is 1.45. The Hall–Kier alpha value is -0.680. The molecule has 2 N–H and O–H groups in total. The van der Waals surface area contributed by atoms with Crippen molar-refractivity contribution in [3.63, 3.8) is 0 Å². The summed E-state index contributed by atoms with van der Waals surface area (Å²) in [5.41, 5.74) is 8.11. The van der Waals surface area contributed by atoms with Crippen LogP contribution < -0.4 is 5.73 Å². The second-order valence-electron chi connectivity index (χ2n) is 5.05. The molecule has 0 aromatic heterocycles. The summed E-state index contributed by atoms with van der Waals surface area (Å²) in [6.45, 7) is 0. The van der Waals surface area contributed by atoms with Crippen LogP contribution in [-0.4, -0.2) is 18.8 Å². The number of thioether (sulfide) groups is 1. The first-order valence-electron chi connectivity index (χ1n) is 6.24. The van der Waals surface area contributed by atoms with Crippen LogP contribution in [0.5, 0.6) is 0 Å². The van der Waals surface area contributed by atoms with E-state index < -0.39 is 0 Å². The van der Waals surface area contributed by atoms with Crippen molar-refractivity contribution in [1.29, 1.82) is 0 Å². The van der Waals surface area contributed by atoms with E-state index in [0.29, 0.717) is 6.42 Å². The van der Waals surface area contributed by atoms with Crippen molar-refractivity contribution in [3.05, 3.63) is 28.2 Å². The Morgan fingerprint density at radius 2 is 2.26 bits per heavy atom. The highest BCUT2D eigenvalue weighted by Gasteiger charge is 2.44. The fourth-order valence-corrected chi connectivity index (χ4v) is 4.18. The Morgan fingerprint density at radius 3 is 2.84 bits per heavy atom. The maximum Gasteiger partial charge on any atom is 0.306 e. The van der Waals surface area contributed by atoms with Gasteiger partial charge in [0.2, 0.25) is 0 Å². The van der Waals surface area contributed by atoms with E-state index in [-0.39, 0.29) is 11.4 Å². The summed E-state index contributed by atoms with van der Waals surface area (Å²) in [6, 6.07) is 5.86.